The molecule has 0 aliphatic carbocycles. The van der Waals surface area contributed by atoms with Crippen LogP contribution in [0.3, 0.4) is 0 Å². The molecular weight excluding hydrogens is 246 g/mol. The van der Waals surface area contributed by atoms with Gasteiger partial charge in [0.2, 0.25) is 0 Å². The molecule has 0 aliphatic rings. The molecule has 108 valence electrons. The van der Waals surface area contributed by atoms with Crippen LogP contribution in [0.4, 0.5) is 0 Å². The van der Waals surface area contributed by atoms with Crippen LogP contribution in [0.1, 0.15) is 32.3 Å². The lowest BCUT2D eigenvalue weighted by atomic mass is 10.1. The molecule has 20 heavy (non-hydrogen) atoms. The third kappa shape index (κ3) is 3.56. The summed E-state index contributed by atoms with van der Waals surface area (Å²) in [6.45, 7) is 7.14. The largest absolute Gasteiger partial charge is 0.329 e. The molecule has 2 N–H and O–H groups in total. The van der Waals surface area contributed by atoms with Crippen LogP contribution in [0, 0.1) is 0 Å². The Balaban J connectivity index is 2.19. The second-order valence-corrected chi connectivity index (χ2v) is 5.26. The first-order chi connectivity index (χ1) is 9.78. The van der Waals surface area contributed by atoms with Crippen molar-refractivity contribution in [3.05, 3.63) is 42.1 Å². The van der Waals surface area contributed by atoms with Gasteiger partial charge in [0.05, 0.1) is 5.52 Å². The first kappa shape index (κ1) is 14.9. The quantitative estimate of drug-likeness (QED) is 0.841. The van der Waals surface area contributed by atoms with E-state index in [1.165, 1.54) is 23.8 Å². The zero-order valence-electron chi connectivity index (χ0n) is 12.5. The summed E-state index contributed by atoms with van der Waals surface area (Å²) in [5.74, 6) is 0. The number of fused-ring (bicyclic) bond motifs is 1. The van der Waals surface area contributed by atoms with Gasteiger partial charge in [0, 0.05) is 37.3 Å². The van der Waals surface area contributed by atoms with E-state index in [1.54, 1.807) is 0 Å². The van der Waals surface area contributed by atoms with Gasteiger partial charge >= 0.3 is 0 Å². The topological polar surface area (TPSA) is 42.1 Å². The molecule has 0 amide bonds. The molecule has 0 radical (unpaired) electrons. The van der Waals surface area contributed by atoms with Gasteiger partial charge in [0.25, 0.3) is 0 Å². The minimum Gasteiger partial charge on any atom is -0.329 e. The van der Waals surface area contributed by atoms with Crippen LogP contribution in [-0.4, -0.2) is 29.0 Å². The molecule has 0 fully saturated rings. The van der Waals surface area contributed by atoms with Gasteiger partial charge in [-0.25, -0.2) is 0 Å². The second kappa shape index (κ2) is 7.36. The van der Waals surface area contributed by atoms with Crippen molar-refractivity contribution in [2.24, 2.45) is 5.73 Å². The minimum atomic E-state index is 0.614. The molecular formula is C17H25N3. The monoisotopic (exact) mass is 271 g/mol. The molecule has 1 aromatic heterocycles. The molecule has 2 aromatic rings. The Bertz CT molecular complexity index is 535. The number of aromatic nitrogens is 1. The average Bonchev–Trinajstić information content (AvgIpc) is 2.48. The van der Waals surface area contributed by atoms with Crippen molar-refractivity contribution in [2.75, 3.05) is 13.1 Å². The second-order valence-electron chi connectivity index (χ2n) is 5.26. The maximum Gasteiger partial charge on any atom is 0.0702 e. The normalized spacial score (nSPS) is 11.7. The van der Waals surface area contributed by atoms with Gasteiger partial charge in [-0.15, -0.1) is 0 Å². The maximum absolute atomic E-state index is 5.77. The number of hydrogen-bond acceptors (Lipinski definition) is 3. The third-order valence-corrected chi connectivity index (χ3v) is 3.93. The Morgan fingerprint density at radius 2 is 2.00 bits per heavy atom. The number of nitrogens with zero attached hydrogens (tertiary/aromatic N) is 2. The number of nitrogens with two attached hydrogens (primary N) is 1. The molecule has 0 spiro atoms. The summed E-state index contributed by atoms with van der Waals surface area (Å²) in [6, 6.07) is 11.3. The summed E-state index contributed by atoms with van der Waals surface area (Å²) >= 11 is 0. The predicted molar refractivity (Wildman–Crippen MR) is 85.6 cm³/mol. The van der Waals surface area contributed by atoms with Crippen LogP contribution in [0.5, 0.6) is 0 Å². The van der Waals surface area contributed by atoms with E-state index in [1.807, 2.05) is 12.3 Å². The molecule has 0 unspecified atom stereocenters. The molecule has 0 bridgehead atoms. The van der Waals surface area contributed by atoms with Crippen molar-refractivity contribution in [3.63, 3.8) is 0 Å². The summed E-state index contributed by atoms with van der Waals surface area (Å²) in [7, 11) is 0. The van der Waals surface area contributed by atoms with Gasteiger partial charge in [-0.2, -0.15) is 0 Å². The zero-order valence-corrected chi connectivity index (χ0v) is 12.5. The first-order valence-electron chi connectivity index (χ1n) is 7.56. The molecule has 3 heteroatoms. The standard InChI is InChI=1S/C17H25N3/c1-3-16(4-2)20(11-9-18)13-14-7-8-17-15(12-14)6-5-10-19-17/h5-8,10,12,16H,3-4,9,11,13,18H2,1-2H3. The van der Waals surface area contributed by atoms with Crippen LogP contribution < -0.4 is 5.73 Å². The summed E-state index contributed by atoms with van der Waals surface area (Å²) < 4.78 is 0. The van der Waals surface area contributed by atoms with E-state index in [9.17, 15) is 0 Å². The van der Waals surface area contributed by atoms with Crippen molar-refractivity contribution in [1.29, 1.82) is 0 Å². The predicted octanol–water partition coefficient (Wildman–Crippen LogP) is 3.18. The number of hydrogen-bond donors (Lipinski definition) is 1. The van der Waals surface area contributed by atoms with Crippen molar-refractivity contribution < 1.29 is 0 Å². The first-order valence-corrected chi connectivity index (χ1v) is 7.56. The molecule has 2 rings (SSSR count). The molecule has 0 atom stereocenters. The SMILES string of the molecule is CCC(CC)N(CCN)Cc1ccc2ncccc2c1. The van der Waals surface area contributed by atoms with Crippen LogP contribution >= 0.6 is 0 Å². The fraction of sp³-hybridized carbons (Fsp3) is 0.471. The Morgan fingerprint density at radius 1 is 1.20 bits per heavy atom. The Hall–Kier alpha value is -1.45. The Labute approximate surface area is 121 Å². The van der Waals surface area contributed by atoms with Crippen molar-refractivity contribution >= 4 is 10.9 Å². The van der Waals surface area contributed by atoms with E-state index in [0.717, 1.165) is 18.6 Å². The van der Waals surface area contributed by atoms with E-state index < -0.39 is 0 Å². The molecule has 0 saturated heterocycles. The average molecular weight is 271 g/mol. The van der Waals surface area contributed by atoms with Gasteiger partial charge in [-0.05, 0) is 36.6 Å². The number of pyridine rings is 1. The fourth-order valence-corrected chi connectivity index (χ4v) is 2.82. The summed E-state index contributed by atoms with van der Waals surface area (Å²) in [6.07, 6.45) is 4.18. The van der Waals surface area contributed by atoms with Crippen LogP contribution in [-0.2, 0) is 6.54 Å². The maximum atomic E-state index is 5.77. The van der Waals surface area contributed by atoms with E-state index in [4.69, 9.17) is 5.73 Å². The van der Waals surface area contributed by atoms with Gasteiger partial charge < -0.3 is 5.73 Å². The van der Waals surface area contributed by atoms with Crippen molar-refractivity contribution in [1.82, 2.24) is 9.88 Å². The molecule has 3 nitrogen and oxygen atoms in total. The molecule has 1 aromatic carbocycles. The fourth-order valence-electron chi connectivity index (χ4n) is 2.82. The number of rotatable bonds is 7. The van der Waals surface area contributed by atoms with E-state index in [2.05, 4.69) is 48.0 Å². The highest BCUT2D eigenvalue weighted by molar-refractivity contribution is 5.78. The lowest BCUT2D eigenvalue weighted by molar-refractivity contribution is 0.182. The minimum absolute atomic E-state index is 0.614. The zero-order chi connectivity index (χ0) is 14.4. The van der Waals surface area contributed by atoms with Gasteiger partial charge in [-0.3, -0.25) is 9.88 Å². The lowest BCUT2D eigenvalue weighted by Crippen LogP contribution is -2.37. The highest BCUT2D eigenvalue weighted by Gasteiger charge is 2.14. The van der Waals surface area contributed by atoms with Gasteiger partial charge in [0.15, 0.2) is 0 Å². The van der Waals surface area contributed by atoms with Crippen molar-refractivity contribution in [3.8, 4) is 0 Å². The van der Waals surface area contributed by atoms with Crippen LogP contribution in [0.25, 0.3) is 10.9 Å². The Kier molecular flexibility index (Phi) is 5.50. The summed E-state index contributed by atoms with van der Waals surface area (Å²) in [4.78, 5) is 6.87. The van der Waals surface area contributed by atoms with Crippen molar-refractivity contribution in [2.45, 2.75) is 39.3 Å². The molecule has 1 heterocycles. The molecule has 0 saturated carbocycles. The van der Waals surface area contributed by atoms with Crippen LogP contribution in [0.2, 0.25) is 0 Å². The highest BCUT2D eigenvalue weighted by Crippen LogP contribution is 2.17. The van der Waals surface area contributed by atoms with E-state index in [0.29, 0.717) is 12.6 Å². The molecule has 0 aliphatic heterocycles. The van der Waals surface area contributed by atoms with Gasteiger partial charge in [-0.1, -0.05) is 26.0 Å². The smallest absolute Gasteiger partial charge is 0.0702 e. The summed E-state index contributed by atoms with van der Waals surface area (Å²) in [5.41, 5.74) is 8.17. The summed E-state index contributed by atoms with van der Waals surface area (Å²) in [5, 5.41) is 1.21. The Morgan fingerprint density at radius 3 is 2.70 bits per heavy atom. The van der Waals surface area contributed by atoms with E-state index >= 15 is 0 Å². The number of benzene rings is 1. The third-order valence-electron chi connectivity index (χ3n) is 3.93. The lowest BCUT2D eigenvalue weighted by Gasteiger charge is -2.30. The van der Waals surface area contributed by atoms with Crippen LogP contribution in [0.15, 0.2) is 36.5 Å². The highest BCUT2D eigenvalue weighted by atomic mass is 15.2. The van der Waals surface area contributed by atoms with E-state index in [-0.39, 0.29) is 0 Å². The van der Waals surface area contributed by atoms with Gasteiger partial charge in [0.1, 0.15) is 0 Å².